The molecule has 0 saturated carbocycles. The van der Waals surface area contributed by atoms with Crippen molar-refractivity contribution in [2.45, 2.75) is 18.9 Å². The number of benzene rings is 2. The molecule has 1 saturated heterocycles. The van der Waals surface area contributed by atoms with Gasteiger partial charge in [-0.05, 0) is 31.0 Å². The first-order chi connectivity index (χ1) is 13.8. The monoisotopic (exact) mass is 371 g/mol. The Morgan fingerprint density at radius 3 is 2.71 bits per heavy atom. The highest BCUT2D eigenvalue weighted by molar-refractivity contribution is 5.97. The predicted octanol–water partition coefficient (Wildman–Crippen LogP) is 3.66. The van der Waals surface area contributed by atoms with E-state index in [1.165, 1.54) is 0 Å². The third kappa shape index (κ3) is 2.90. The van der Waals surface area contributed by atoms with E-state index in [2.05, 4.69) is 20.1 Å². The number of likely N-dealkylation sites (tertiary alicyclic amines) is 1. The Hall–Kier alpha value is -3.61. The largest absolute Gasteiger partial charge is 0.337 e. The zero-order chi connectivity index (χ0) is 18.9. The molecule has 28 heavy (non-hydrogen) atoms. The lowest BCUT2D eigenvalue weighted by molar-refractivity contribution is 0.0710. The molecule has 2 aromatic carbocycles. The van der Waals surface area contributed by atoms with E-state index in [0.29, 0.717) is 29.3 Å². The van der Waals surface area contributed by atoms with E-state index < -0.39 is 0 Å². The van der Waals surface area contributed by atoms with Crippen LogP contribution >= 0.6 is 0 Å². The van der Waals surface area contributed by atoms with Crippen molar-refractivity contribution >= 4 is 16.9 Å². The van der Waals surface area contributed by atoms with Crippen LogP contribution in [0.3, 0.4) is 0 Å². The fourth-order valence-electron chi connectivity index (χ4n) is 3.60. The number of carbonyl (C=O) groups excluding carboxylic acids is 1. The van der Waals surface area contributed by atoms with Crippen molar-refractivity contribution < 1.29 is 9.32 Å². The molecule has 1 amide bonds. The van der Waals surface area contributed by atoms with Gasteiger partial charge in [0.25, 0.3) is 5.91 Å². The predicted molar refractivity (Wildman–Crippen MR) is 102 cm³/mol. The van der Waals surface area contributed by atoms with Gasteiger partial charge in [-0.25, -0.2) is 0 Å². The van der Waals surface area contributed by atoms with Gasteiger partial charge in [0.1, 0.15) is 6.04 Å². The lowest BCUT2D eigenvalue weighted by Crippen LogP contribution is -2.30. The standard InChI is InChI=1S/C21H17N5O2/c27-21(15-8-9-16-17(13-15)23-11-10-22-16)26-12-4-7-18(26)20-24-19(25-28-20)14-5-2-1-3-6-14/h1-3,5-6,8-11,13,18H,4,7,12H2/t18-/m0/s1. The highest BCUT2D eigenvalue weighted by Gasteiger charge is 2.34. The second kappa shape index (κ2) is 6.84. The zero-order valence-corrected chi connectivity index (χ0v) is 15.0. The average Bonchev–Trinajstić information content (AvgIpc) is 3.43. The first-order valence-electron chi connectivity index (χ1n) is 9.20. The summed E-state index contributed by atoms with van der Waals surface area (Å²) in [5.74, 6) is 0.954. The third-order valence-corrected chi connectivity index (χ3v) is 4.99. The molecule has 2 aromatic heterocycles. The van der Waals surface area contributed by atoms with Gasteiger partial charge in [0.15, 0.2) is 0 Å². The van der Waals surface area contributed by atoms with Crippen LogP contribution in [0.4, 0.5) is 0 Å². The minimum Gasteiger partial charge on any atom is -0.337 e. The van der Waals surface area contributed by atoms with Gasteiger partial charge >= 0.3 is 0 Å². The summed E-state index contributed by atoms with van der Waals surface area (Å²) in [6.07, 6.45) is 4.96. The minimum atomic E-state index is -0.213. The van der Waals surface area contributed by atoms with E-state index in [4.69, 9.17) is 4.52 Å². The Labute approximate surface area is 161 Å². The molecule has 0 spiro atoms. The molecule has 0 aliphatic carbocycles. The molecule has 1 fully saturated rings. The number of aromatic nitrogens is 4. The van der Waals surface area contributed by atoms with E-state index in [-0.39, 0.29) is 11.9 Å². The van der Waals surface area contributed by atoms with E-state index in [1.807, 2.05) is 36.4 Å². The Morgan fingerprint density at radius 1 is 1.04 bits per heavy atom. The molecule has 3 heterocycles. The lowest BCUT2D eigenvalue weighted by Gasteiger charge is -2.22. The summed E-state index contributed by atoms with van der Waals surface area (Å²) in [6, 6.07) is 14.8. The fourth-order valence-corrected chi connectivity index (χ4v) is 3.60. The normalized spacial score (nSPS) is 16.6. The number of hydrogen-bond donors (Lipinski definition) is 0. The summed E-state index contributed by atoms with van der Waals surface area (Å²) >= 11 is 0. The maximum atomic E-state index is 13.1. The molecule has 1 atom stereocenters. The van der Waals surface area contributed by atoms with Crippen molar-refractivity contribution in [3.05, 3.63) is 72.4 Å². The van der Waals surface area contributed by atoms with Gasteiger partial charge in [-0.1, -0.05) is 35.5 Å². The van der Waals surface area contributed by atoms with Crippen LogP contribution in [0.15, 0.2) is 65.4 Å². The van der Waals surface area contributed by atoms with Gasteiger partial charge in [0.05, 0.1) is 11.0 Å². The minimum absolute atomic E-state index is 0.0606. The van der Waals surface area contributed by atoms with Crippen molar-refractivity contribution in [2.24, 2.45) is 0 Å². The van der Waals surface area contributed by atoms with Crippen molar-refractivity contribution in [1.29, 1.82) is 0 Å². The number of rotatable bonds is 3. The van der Waals surface area contributed by atoms with Gasteiger partial charge in [-0.2, -0.15) is 4.98 Å². The second-order valence-electron chi connectivity index (χ2n) is 6.74. The molecule has 0 N–H and O–H groups in total. The number of fused-ring (bicyclic) bond motifs is 1. The third-order valence-electron chi connectivity index (χ3n) is 4.99. The SMILES string of the molecule is O=C(c1ccc2nccnc2c1)N1CCC[C@H]1c1nc(-c2ccccc2)no1. The molecule has 138 valence electrons. The number of hydrogen-bond acceptors (Lipinski definition) is 6. The molecule has 5 rings (SSSR count). The molecule has 0 bridgehead atoms. The van der Waals surface area contributed by atoms with Crippen LogP contribution < -0.4 is 0 Å². The molecule has 7 nitrogen and oxygen atoms in total. The summed E-state index contributed by atoms with van der Waals surface area (Å²) in [7, 11) is 0. The Kier molecular flexibility index (Phi) is 4.05. The maximum absolute atomic E-state index is 13.1. The van der Waals surface area contributed by atoms with Crippen LogP contribution in [-0.4, -0.2) is 37.5 Å². The highest BCUT2D eigenvalue weighted by atomic mass is 16.5. The van der Waals surface area contributed by atoms with Crippen LogP contribution in [0.5, 0.6) is 0 Å². The summed E-state index contributed by atoms with van der Waals surface area (Å²) in [4.78, 5) is 28.0. The van der Waals surface area contributed by atoms with Gasteiger partial charge in [0.2, 0.25) is 11.7 Å². The molecule has 1 aliphatic heterocycles. The van der Waals surface area contributed by atoms with Crippen molar-refractivity contribution in [1.82, 2.24) is 25.0 Å². The van der Waals surface area contributed by atoms with E-state index >= 15 is 0 Å². The summed E-state index contributed by atoms with van der Waals surface area (Å²) < 4.78 is 5.51. The van der Waals surface area contributed by atoms with Crippen molar-refractivity contribution in [3.63, 3.8) is 0 Å². The second-order valence-corrected chi connectivity index (χ2v) is 6.74. The van der Waals surface area contributed by atoms with E-state index in [0.717, 1.165) is 23.9 Å². The Bertz CT molecular complexity index is 1140. The molecule has 7 heteroatoms. The van der Waals surface area contributed by atoms with Gasteiger partial charge in [-0.15, -0.1) is 0 Å². The van der Waals surface area contributed by atoms with Crippen molar-refractivity contribution in [3.8, 4) is 11.4 Å². The first kappa shape index (κ1) is 16.6. The lowest BCUT2D eigenvalue weighted by atomic mass is 10.1. The van der Waals surface area contributed by atoms with Gasteiger partial charge in [0, 0.05) is 30.1 Å². The van der Waals surface area contributed by atoms with Crippen LogP contribution in [0, 0.1) is 0 Å². The van der Waals surface area contributed by atoms with E-state index in [9.17, 15) is 4.79 Å². The Morgan fingerprint density at radius 2 is 1.86 bits per heavy atom. The smallest absolute Gasteiger partial charge is 0.254 e. The quantitative estimate of drug-likeness (QED) is 0.546. The van der Waals surface area contributed by atoms with Crippen LogP contribution in [0.25, 0.3) is 22.4 Å². The van der Waals surface area contributed by atoms with Crippen molar-refractivity contribution in [2.75, 3.05) is 6.54 Å². The maximum Gasteiger partial charge on any atom is 0.254 e. The summed E-state index contributed by atoms with van der Waals surface area (Å²) in [5.41, 5.74) is 2.94. The summed E-state index contributed by atoms with van der Waals surface area (Å²) in [5, 5.41) is 4.10. The Balaban J connectivity index is 1.43. The number of nitrogens with zero attached hydrogens (tertiary/aromatic N) is 5. The van der Waals surface area contributed by atoms with Crippen LogP contribution in [0.2, 0.25) is 0 Å². The van der Waals surface area contributed by atoms with Crippen LogP contribution in [-0.2, 0) is 0 Å². The molecule has 1 aliphatic rings. The number of carbonyl (C=O) groups is 1. The molecule has 0 radical (unpaired) electrons. The first-order valence-corrected chi connectivity index (χ1v) is 9.20. The molecule has 0 unspecified atom stereocenters. The topological polar surface area (TPSA) is 85.0 Å². The molecule has 4 aromatic rings. The summed E-state index contributed by atoms with van der Waals surface area (Å²) in [6.45, 7) is 0.658. The highest BCUT2D eigenvalue weighted by Crippen LogP contribution is 2.33. The molecular formula is C21H17N5O2. The molecular weight excluding hydrogens is 354 g/mol. The van der Waals surface area contributed by atoms with Gasteiger partial charge in [-0.3, -0.25) is 14.8 Å². The number of amides is 1. The van der Waals surface area contributed by atoms with E-state index in [1.54, 1.807) is 29.4 Å². The van der Waals surface area contributed by atoms with Crippen LogP contribution in [0.1, 0.15) is 35.1 Å². The average molecular weight is 371 g/mol. The van der Waals surface area contributed by atoms with Gasteiger partial charge < -0.3 is 9.42 Å². The zero-order valence-electron chi connectivity index (χ0n) is 15.0. The fraction of sp³-hybridized carbons (Fsp3) is 0.190.